The molecule has 4 heteroatoms. The van der Waals surface area contributed by atoms with Crippen LogP contribution in [0.3, 0.4) is 0 Å². The molecule has 0 fully saturated rings. The minimum absolute atomic E-state index is 0.0465. The van der Waals surface area contributed by atoms with E-state index in [2.05, 4.69) is 16.9 Å². The fourth-order valence-electron chi connectivity index (χ4n) is 2.20. The molecule has 0 spiro atoms. The van der Waals surface area contributed by atoms with Crippen LogP contribution < -0.4 is 9.99 Å². The van der Waals surface area contributed by atoms with Gasteiger partial charge in [0.05, 0.1) is 6.54 Å². The van der Waals surface area contributed by atoms with Crippen LogP contribution in [0.15, 0.2) is 18.7 Å². The Balaban J connectivity index is 2.03. The van der Waals surface area contributed by atoms with E-state index in [1.54, 1.807) is 4.68 Å². The zero-order valence-electron chi connectivity index (χ0n) is 12.4. The lowest BCUT2D eigenvalue weighted by molar-refractivity contribution is -0.696. The third-order valence-corrected chi connectivity index (χ3v) is 3.25. The van der Waals surface area contributed by atoms with E-state index in [0.717, 1.165) is 6.54 Å². The lowest BCUT2D eigenvalue weighted by Gasteiger charge is -2.00. The SMILES string of the molecule is CCCCCCCCCC[n+]1ccn(NC(C)=O)c1. The van der Waals surface area contributed by atoms with Crippen molar-refractivity contribution in [3.63, 3.8) is 0 Å². The number of rotatable bonds is 10. The van der Waals surface area contributed by atoms with Gasteiger partial charge in [-0.05, 0) is 12.8 Å². The number of aromatic nitrogens is 2. The van der Waals surface area contributed by atoms with E-state index in [9.17, 15) is 4.79 Å². The molecule has 1 aromatic heterocycles. The van der Waals surface area contributed by atoms with Gasteiger partial charge in [0.1, 0.15) is 6.20 Å². The molecule has 0 radical (unpaired) electrons. The van der Waals surface area contributed by atoms with Crippen molar-refractivity contribution in [3.05, 3.63) is 18.7 Å². The topological polar surface area (TPSA) is 37.9 Å². The van der Waals surface area contributed by atoms with Gasteiger partial charge in [-0.2, -0.15) is 5.43 Å². The van der Waals surface area contributed by atoms with Gasteiger partial charge in [0, 0.05) is 6.92 Å². The van der Waals surface area contributed by atoms with Crippen LogP contribution in [-0.4, -0.2) is 10.6 Å². The van der Waals surface area contributed by atoms with Crippen molar-refractivity contribution < 1.29 is 9.36 Å². The van der Waals surface area contributed by atoms with E-state index < -0.39 is 0 Å². The summed E-state index contributed by atoms with van der Waals surface area (Å²) in [5, 5.41) is 0. The van der Waals surface area contributed by atoms with E-state index in [0.29, 0.717) is 0 Å². The average molecular weight is 266 g/mol. The van der Waals surface area contributed by atoms with Crippen LogP contribution in [0.25, 0.3) is 0 Å². The van der Waals surface area contributed by atoms with Crippen molar-refractivity contribution in [1.82, 2.24) is 4.68 Å². The lowest BCUT2D eigenvalue weighted by Crippen LogP contribution is -2.32. The van der Waals surface area contributed by atoms with Gasteiger partial charge in [0.25, 0.3) is 12.2 Å². The molecule has 0 bridgehead atoms. The largest absolute Gasteiger partial charge is 0.272 e. The van der Waals surface area contributed by atoms with Crippen LogP contribution in [0.1, 0.15) is 65.2 Å². The second-order valence-corrected chi connectivity index (χ2v) is 5.20. The number of hydrogen-bond donors (Lipinski definition) is 1. The molecule has 1 amide bonds. The fraction of sp³-hybridized carbons (Fsp3) is 0.733. The predicted octanol–water partition coefficient (Wildman–Crippen LogP) is 3.01. The van der Waals surface area contributed by atoms with Crippen LogP contribution in [0.4, 0.5) is 0 Å². The summed E-state index contributed by atoms with van der Waals surface area (Å²) in [4.78, 5) is 10.9. The predicted molar refractivity (Wildman–Crippen MR) is 77.3 cm³/mol. The molecule has 0 atom stereocenters. The van der Waals surface area contributed by atoms with Crippen molar-refractivity contribution >= 4 is 5.91 Å². The van der Waals surface area contributed by atoms with Crippen LogP contribution in [0, 0.1) is 0 Å². The lowest BCUT2D eigenvalue weighted by atomic mass is 10.1. The molecule has 1 rings (SSSR count). The number of nitrogens with zero attached hydrogens (tertiary/aromatic N) is 2. The number of unbranched alkanes of at least 4 members (excludes halogenated alkanes) is 7. The zero-order chi connectivity index (χ0) is 13.9. The van der Waals surface area contributed by atoms with Gasteiger partial charge in [-0.3, -0.25) is 4.79 Å². The first-order valence-corrected chi connectivity index (χ1v) is 7.57. The summed E-state index contributed by atoms with van der Waals surface area (Å²) in [6, 6.07) is 0. The van der Waals surface area contributed by atoms with Gasteiger partial charge < -0.3 is 0 Å². The van der Waals surface area contributed by atoms with Gasteiger partial charge in [-0.15, -0.1) is 4.68 Å². The molecular weight excluding hydrogens is 238 g/mol. The van der Waals surface area contributed by atoms with Gasteiger partial charge in [0.2, 0.25) is 0 Å². The van der Waals surface area contributed by atoms with Gasteiger partial charge in [-0.1, -0.05) is 45.4 Å². The molecule has 0 aliphatic carbocycles. The maximum atomic E-state index is 10.9. The maximum Gasteiger partial charge on any atom is 0.267 e. The number of amides is 1. The third kappa shape index (κ3) is 7.65. The standard InChI is InChI=1S/C15H27N3O/c1-3-4-5-6-7-8-9-10-11-17-12-13-18(14-17)16-15(2)19/h12-14H,3-11H2,1-2H3/p+1. The molecule has 108 valence electrons. The Morgan fingerprint density at radius 2 is 1.74 bits per heavy atom. The summed E-state index contributed by atoms with van der Waals surface area (Å²) in [6.45, 7) is 4.80. The number of imidazole rings is 1. The highest BCUT2D eigenvalue weighted by Gasteiger charge is 2.04. The normalized spacial score (nSPS) is 10.6. The van der Waals surface area contributed by atoms with Crippen molar-refractivity contribution in [2.24, 2.45) is 0 Å². The minimum Gasteiger partial charge on any atom is -0.272 e. The van der Waals surface area contributed by atoms with E-state index in [1.165, 1.54) is 58.3 Å². The van der Waals surface area contributed by atoms with E-state index in [-0.39, 0.29) is 5.91 Å². The zero-order valence-corrected chi connectivity index (χ0v) is 12.4. The van der Waals surface area contributed by atoms with E-state index in [1.807, 2.05) is 18.7 Å². The average Bonchev–Trinajstić information content (AvgIpc) is 2.79. The smallest absolute Gasteiger partial charge is 0.267 e. The molecular formula is C15H28N3O+. The molecule has 1 heterocycles. The summed E-state index contributed by atoms with van der Waals surface area (Å²) in [6.07, 6.45) is 16.5. The monoisotopic (exact) mass is 266 g/mol. The Morgan fingerprint density at radius 1 is 1.11 bits per heavy atom. The summed E-state index contributed by atoms with van der Waals surface area (Å²) in [5.41, 5.74) is 2.71. The fourth-order valence-corrected chi connectivity index (χ4v) is 2.20. The van der Waals surface area contributed by atoms with Crippen LogP contribution in [-0.2, 0) is 11.3 Å². The summed E-state index contributed by atoms with van der Waals surface area (Å²) >= 11 is 0. The molecule has 0 aliphatic heterocycles. The molecule has 19 heavy (non-hydrogen) atoms. The van der Waals surface area contributed by atoms with E-state index in [4.69, 9.17) is 0 Å². The number of aryl methyl sites for hydroxylation is 1. The Labute approximate surface area is 116 Å². The van der Waals surface area contributed by atoms with Crippen LogP contribution in [0.5, 0.6) is 0 Å². The molecule has 0 saturated heterocycles. The molecule has 0 saturated carbocycles. The first-order valence-electron chi connectivity index (χ1n) is 7.57. The Morgan fingerprint density at radius 3 is 2.37 bits per heavy atom. The van der Waals surface area contributed by atoms with E-state index >= 15 is 0 Å². The van der Waals surface area contributed by atoms with Crippen molar-refractivity contribution in [2.75, 3.05) is 5.43 Å². The maximum absolute atomic E-state index is 10.9. The van der Waals surface area contributed by atoms with Crippen LogP contribution in [0.2, 0.25) is 0 Å². The van der Waals surface area contributed by atoms with Crippen molar-refractivity contribution in [3.8, 4) is 0 Å². The highest BCUT2D eigenvalue weighted by atomic mass is 16.2. The molecule has 0 aliphatic rings. The Bertz CT molecular complexity index is 360. The number of hydrogen-bond acceptors (Lipinski definition) is 1. The highest BCUT2D eigenvalue weighted by Crippen LogP contribution is 2.08. The minimum atomic E-state index is -0.0465. The first kappa shape index (κ1) is 15.7. The molecule has 1 aromatic rings. The number of carbonyl (C=O) groups excluding carboxylic acids is 1. The second-order valence-electron chi connectivity index (χ2n) is 5.20. The Kier molecular flexibility index (Phi) is 7.94. The first-order chi connectivity index (χ1) is 9.22. The summed E-state index contributed by atoms with van der Waals surface area (Å²) in [7, 11) is 0. The van der Waals surface area contributed by atoms with Crippen molar-refractivity contribution in [1.29, 1.82) is 0 Å². The van der Waals surface area contributed by atoms with Gasteiger partial charge in [-0.25, -0.2) is 4.57 Å². The van der Waals surface area contributed by atoms with Gasteiger partial charge >= 0.3 is 0 Å². The molecule has 1 N–H and O–H groups in total. The molecule has 4 nitrogen and oxygen atoms in total. The Hall–Kier alpha value is -1.32. The van der Waals surface area contributed by atoms with Gasteiger partial charge in [0.15, 0.2) is 6.20 Å². The highest BCUT2D eigenvalue weighted by molar-refractivity contribution is 5.80. The van der Waals surface area contributed by atoms with Crippen molar-refractivity contribution in [2.45, 2.75) is 71.8 Å². The molecule has 0 aromatic carbocycles. The quantitative estimate of drug-likeness (QED) is 0.513. The number of carbonyl (C=O) groups is 1. The number of nitrogens with one attached hydrogen (secondary N) is 1. The summed E-state index contributed by atoms with van der Waals surface area (Å²) in [5.74, 6) is -0.0465. The molecule has 0 unspecified atom stereocenters. The van der Waals surface area contributed by atoms with Crippen LogP contribution >= 0.6 is 0 Å². The second kappa shape index (κ2) is 9.59. The third-order valence-electron chi connectivity index (χ3n) is 3.25. The summed E-state index contributed by atoms with van der Waals surface area (Å²) < 4.78 is 3.82.